The Hall–Kier alpha value is -1.06. The lowest BCUT2D eigenvalue weighted by molar-refractivity contribution is -0.128. The average molecular weight is 184 g/mol. The maximum absolute atomic E-state index is 11.1. The molecule has 74 valence electrons. The summed E-state index contributed by atoms with van der Waals surface area (Å²) < 4.78 is 0. The minimum absolute atomic E-state index is 0.184. The number of amides is 2. The molecule has 1 saturated carbocycles. The van der Waals surface area contributed by atoms with Gasteiger partial charge in [-0.15, -0.1) is 0 Å². The van der Waals surface area contributed by atoms with E-state index >= 15 is 0 Å². The predicted octanol–water partition coefficient (Wildman–Crippen LogP) is 0.311. The molecular weight excluding hydrogens is 168 g/mol. The van der Waals surface area contributed by atoms with E-state index in [9.17, 15) is 9.59 Å². The van der Waals surface area contributed by atoms with E-state index < -0.39 is 5.91 Å². The summed E-state index contributed by atoms with van der Waals surface area (Å²) in [6, 6.07) is 0.264. The van der Waals surface area contributed by atoms with Crippen LogP contribution < -0.4 is 11.1 Å². The van der Waals surface area contributed by atoms with Crippen molar-refractivity contribution >= 4 is 11.8 Å². The maximum atomic E-state index is 11.1. The Labute approximate surface area is 77.9 Å². The van der Waals surface area contributed by atoms with Gasteiger partial charge in [-0.25, -0.2) is 0 Å². The highest BCUT2D eigenvalue weighted by Gasteiger charge is 2.16. The van der Waals surface area contributed by atoms with Crippen LogP contribution in [0.25, 0.3) is 0 Å². The van der Waals surface area contributed by atoms with E-state index in [1.807, 2.05) is 0 Å². The second-order valence-corrected chi connectivity index (χ2v) is 3.55. The van der Waals surface area contributed by atoms with E-state index in [-0.39, 0.29) is 18.4 Å². The summed E-state index contributed by atoms with van der Waals surface area (Å²) in [5, 5.41) is 2.81. The molecular formula is C9H16N2O2. The van der Waals surface area contributed by atoms with Gasteiger partial charge in [0.25, 0.3) is 0 Å². The summed E-state index contributed by atoms with van der Waals surface area (Å²) in [4.78, 5) is 21.5. The third kappa shape index (κ3) is 3.92. The van der Waals surface area contributed by atoms with Crippen LogP contribution in [0.1, 0.15) is 38.5 Å². The third-order valence-electron chi connectivity index (χ3n) is 2.31. The van der Waals surface area contributed by atoms with Gasteiger partial charge in [-0.05, 0) is 12.8 Å². The number of nitrogens with two attached hydrogens (primary N) is 1. The fourth-order valence-electron chi connectivity index (χ4n) is 1.68. The SMILES string of the molecule is NC(=O)CC(=O)NC1CCCCC1. The first-order chi connectivity index (χ1) is 6.18. The van der Waals surface area contributed by atoms with E-state index in [1.165, 1.54) is 19.3 Å². The Bertz CT molecular complexity index is 198. The van der Waals surface area contributed by atoms with Gasteiger partial charge in [0.1, 0.15) is 6.42 Å². The molecule has 0 saturated heterocycles. The molecule has 2 amide bonds. The van der Waals surface area contributed by atoms with Gasteiger partial charge in [-0.1, -0.05) is 19.3 Å². The van der Waals surface area contributed by atoms with E-state index in [1.54, 1.807) is 0 Å². The van der Waals surface area contributed by atoms with Crippen molar-refractivity contribution in [1.82, 2.24) is 5.32 Å². The standard InChI is InChI=1S/C9H16N2O2/c10-8(12)6-9(13)11-7-4-2-1-3-5-7/h7H,1-6H2,(H2,10,12)(H,11,13). The molecule has 0 spiro atoms. The van der Waals surface area contributed by atoms with Gasteiger partial charge in [0.15, 0.2) is 0 Å². The largest absolute Gasteiger partial charge is 0.369 e. The van der Waals surface area contributed by atoms with Gasteiger partial charge in [-0.2, -0.15) is 0 Å². The van der Waals surface area contributed by atoms with Crippen LogP contribution in [0.15, 0.2) is 0 Å². The van der Waals surface area contributed by atoms with Crippen molar-refractivity contribution in [1.29, 1.82) is 0 Å². The third-order valence-corrected chi connectivity index (χ3v) is 2.31. The van der Waals surface area contributed by atoms with Crippen LogP contribution in [-0.2, 0) is 9.59 Å². The summed E-state index contributed by atoms with van der Waals surface area (Å²) >= 11 is 0. The van der Waals surface area contributed by atoms with Crippen LogP contribution in [-0.4, -0.2) is 17.9 Å². The molecule has 3 N–H and O–H groups in total. The zero-order valence-corrected chi connectivity index (χ0v) is 7.71. The van der Waals surface area contributed by atoms with Gasteiger partial charge in [0.05, 0.1) is 0 Å². The van der Waals surface area contributed by atoms with E-state index in [4.69, 9.17) is 5.73 Å². The van der Waals surface area contributed by atoms with Crippen molar-refractivity contribution in [3.05, 3.63) is 0 Å². The fourth-order valence-corrected chi connectivity index (χ4v) is 1.68. The molecule has 0 aromatic heterocycles. The maximum Gasteiger partial charge on any atom is 0.229 e. The molecule has 0 radical (unpaired) electrons. The van der Waals surface area contributed by atoms with Crippen molar-refractivity contribution in [2.75, 3.05) is 0 Å². The molecule has 13 heavy (non-hydrogen) atoms. The lowest BCUT2D eigenvalue weighted by atomic mass is 9.95. The van der Waals surface area contributed by atoms with Gasteiger partial charge >= 0.3 is 0 Å². The predicted molar refractivity (Wildman–Crippen MR) is 48.8 cm³/mol. The van der Waals surface area contributed by atoms with Crippen LogP contribution in [0.3, 0.4) is 0 Å². The van der Waals surface area contributed by atoms with Gasteiger partial charge < -0.3 is 11.1 Å². The molecule has 0 aliphatic heterocycles. The molecule has 1 aliphatic carbocycles. The number of rotatable bonds is 3. The number of carbonyl (C=O) groups excluding carboxylic acids is 2. The molecule has 4 heteroatoms. The number of hydrogen-bond donors (Lipinski definition) is 2. The summed E-state index contributed by atoms with van der Waals surface area (Å²) in [7, 11) is 0. The van der Waals surface area contributed by atoms with Crippen LogP contribution in [0.5, 0.6) is 0 Å². The molecule has 0 heterocycles. The highest BCUT2D eigenvalue weighted by Crippen LogP contribution is 2.17. The Morgan fingerprint density at radius 1 is 1.23 bits per heavy atom. The Balaban J connectivity index is 2.22. The van der Waals surface area contributed by atoms with Crippen molar-refractivity contribution in [3.8, 4) is 0 Å². The van der Waals surface area contributed by atoms with Crippen molar-refractivity contribution in [2.24, 2.45) is 5.73 Å². The lowest BCUT2D eigenvalue weighted by Gasteiger charge is -2.22. The fraction of sp³-hybridized carbons (Fsp3) is 0.778. The van der Waals surface area contributed by atoms with Crippen molar-refractivity contribution in [2.45, 2.75) is 44.6 Å². The molecule has 1 aliphatic rings. The molecule has 0 unspecified atom stereocenters. The van der Waals surface area contributed by atoms with Crippen LogP contribution in [0.4, 0.5) is 0 Å². The highest BCUT2D eigenvalue weighted by atomic mass is 16.2. The molecule has 0 aromatic carbocycles. The van der Waals surface area contributed by atoms with Crippen LogP contribution in [0, 0.1) is 0 Å². The minimum Gasteiger partial charge on any atom is -0.369 e. The lowest BCUT2D eigenvalue weighted by Crippen LogP contribution is -2.38. The first-order valence-electron chi connectivity index (χ1n) is 4.76. The quantitative estimate of drug-likeness (QED) is 0.620. The van der Waals surface area contributed by atoms with E-state index in [0.717, 1.165) is 12.8 Å². The monoisotopic (exact) mass is 184 g/mol. The zero-order chi connectivity index (χ0) is 9.68. The highest BCUT2D eigenvalue weighted by molar-refractivity contribution is 5.96. The number of carbonyl (C=O) groups is 2. The minimum atomic E-state index is -0.562. The number of nitrogens with one attached hydrogen (secondary N) is 1. The second-order valence-electron chi connectivity index (χ2n) is 3.55. The molecule has 0 aromatic rings. The average Bonchev–Trinajstić information content (AvgIpc) is 2.04. The van der Waals surface area contributed by atoms with Crippen LogP contribution >= 0.6 is 0 Å². The zero-order valence-electron chi connectivity index (χ0n) is 7.71. The normalized spacial score (nSPS) is 18.2. The first kappa shape index (κ1) is 10.0. The molecule has 1 rings (SSSR count). The summed E-state index contributed by atoms with van der Waals surface area (Å²) in [6.45, 7) is 0. The van der Waals surface area contributed by atoms with Gasteiger partial charge in [0, 0.05) is 6.04 Å². The van der Waals surface area contributed by atoms with Crippen LogP contribution in [0.2, 0.25) is 0 Å². The molecule has 4 nitrogen and oxygen atoms in total. The summed E-state index contributed by atoms with van der Waals surface area (Å²) in [5.41, 5.74) is 4.90. The van der Waals surface area contributed by atoms with Crippen molar-refractivity contribution in [3.63, 3.8) is 0 Å². The second kappa shape index (κ2) is 4.84. The number of hydrogen-bond acceptors (Lipinski definition) is 2. The smallest absolute Gasteiger partial charge is 0.229 e. The summed E-state index contributed by atoms with van der Waals surface area (Å²) in [6.07, 6.45) is 5.47. The molecule has 0 bridgehead atoms. The Morgan fingerprint density at radius 2 is 1.85 bits per heavy atom. The number of primary amides is 1. The molecule has 1 fully saturated rings. The van der Waals surface area contributed by atoms with Gasteiger partial charge in [-0.3, -0.25) is 9.59 Å². The Morgan fingerprint density at radius 3 is 2.38 bits per heavy atom. The first-order valence-corrected chi connectivity index (χ1v) is 4.76. The van der Waals surface area contributed by atoms with E-state index in [2.05, 4.69) is 5.32 Å². The summed E-state index contributed by atoms with van der Waals surface area (Å²) in [5.74, 6) is -0.798. The molecule has 0 atom stereocenters. The van der Waals surface area contributed by atoms with Crippen molar-refractivity contribution < 1.29 is 9.59 Å². The topological polar surface area (TPSA) is 72.2 Å². The Kier molecular flexibility index (Phi) is 3.73. The van der Waals surface area contributed by atoms with E-state index in [0.29, 0.717) is 0 Å². The van der Waals surface area contributed by atoms with Gasteiger partial charge in [0.2, 0.25) is 11.8 Å².